The Kier molecular flexibility index (Phi) is 4.20. The first-order chi connectivity index (χ1) is 10.2. The first-order valence-electron chi connectivity index (χ1n) is 7.64. The Morgan fingerprint density at radius 1 is 1.38 bits per heavy atom. The lowest BCUT2D eigenvalue weighted by Gasteiger charge is -2.20. The van der Waals surface area contributed by atoms with E-state index in [0.717, 1.165) is 43.9 Å². The molecule has 2 amide bonds. The molecule has 0 radical (unpaired) electrons. The summed E-state index contributed by atoms with van der Waals surface area (Å²) in [6.45, 7) is 2.65. The molecule has 2 N–H and O–H groups in total. The monoisotopic (exact) mass is 287 g/mol. The second-order valence-electron chi connectivity index (χ2n) is 5.78. The minimum absolute atomic E-state index is 0.0304. The second-order valence-corrected chi connectivity index (χ2v) is 5.78. The van der Waals surface area contributed by atoms with Crippen molar-refractivity contribution in [2.75, 3.05) is 29.9 Å². The SMILES string of the molecule is O=C(CC1CCNC1)Nc1ccccc1N1CCCC1=O. The highest BCUT2D eigenvalue weighted by atomic mass is 16.2. The van der Waals surface area contributed by atoms with Crippen molar-refractivity contribution in [1.29, 1.82) is 0 Å². The van der Waals surface area contributed by atoms with Crippen molar-refractivity contribution in [1.82, 2.24) is 5.32 Å². The lowest BCUT2D eigenvalue weighted by molar-refractivity contribution is -0.118. The molecule has 2 fully saturated rings. The van der Waals surface area contributed by atoms with Gasteiger partial charge in [-0.1, -0.05) is 12.1 Å². The molecule has 3 rings (SSSR count). The molecule has 2 heterocycles. The van der Waals surface area contributed by atoms with Crippen molar-refractivity contribution in [3.05, 3.63) is 24.3 Å². The van der Waals surface area contributed by atoms with Crippen LogP contribution >= 0.6 is 0 Å². The Morgan fingerprint density at radius 2 is 2.24 bits per heavy atom. The molecule has 1 aromatic rings. The highest BCUT2D eigenvalue weighted by molar-refractivity contribution is 6.02. The molecule has 0 bridgehead atoms. The molecule has 2 aliphatic heterocycles. The van der Waals surface area contributed by atoms with E-state index in [0.29, 0.717) is 18.8 Å². The van der Waals surface area contributed by atoms with Crippen LogP contribution in [0, 0.1) is 5.92 Å². The van der Waals surface area contributed by atoms with Crippen LogP contribution in [-0.4, -0.2) is 31.4 Å². The third-order valence-electron chi connectivity index (χ3n) is 4.18. The second kappa shape index (κ2) is 6.26. The van der Waals surface area contributed by atoms with E-state index in [1.165, 1.54) is 0 Å². The van der Waals surface area contributed by atoms with Gasteiger partial charge < -0.3 is 15.5 Å². The van der Waals surface area contributed by atoms with E-state index in [1.807, 2.05) is 24.3 Å². The van der Waals surface area contributed by atoms with Crippen LogP contribution in [0.15, 0.2) is 24.3 Å². The van der Waals surface area contributed by atoms with Crippen LogP contribution in [0.5, 0.6) is 0 Å². The van der Waals surface area contributed by atoms with Crippen molar-refractivity contribution in [3.63, 3.8) is 0 Å². The fourth-order valence-corrected chi connectivity index (χ4v) is 3.07. The van der Waals surface area contributed by atoms with E-state index in [9.17, 15) is 9.59 Å². The first kappa shape index (κ1) is 14.1. The zero-order valence-corrected chi connectivity index (χ0v) is 12.1. The molecule has 112 valence electrons. The maximum absolute atomic E-state index is 12.2. The Bertz CT molecular complexity index is 538. The maximum atomic E-state index is 12.2. The van der Waals surface area contributed by atoms with E-state index in [1.54, 1.807) is 4.90 Å². The quantitative estimate of drug-likeness (QED) is 0.887. The third-order valence-corrected chi connectivity index (χ3v) is 4.18. The smallest absolute Gasteiger partial charge is 0.227 e. The number of amides is 2. The zero-order valence-electron chi connectivity index (χ0n) is 12.1. The van der Waals surface area contributed by atoms with Gasteiger partial charge in [-0.15, -0.1) is 0 Å². The average molecular weight is 287 g/mol. The van der Waals surface area contributed by atoms with Gasteiger partial charge in [0.2, 0.25) is 11.8 Å². The number of carbonyl (C=O) groups excluding carboxylic acids is 2. The summed E-state index contributed by atoms with van der Waals surface area (Å²) >= 11 is 0. The molecule has 2 aliphatic rings. The van der Waals surface area contributed by atoms with Crippen LogP contribution in [0.3, 0.4) is 0 Å². The van der Waals surface area contributed by atoms with Gasteiger partial charge in [0, 0.05) is 19.4 Å². The summed E-state index contributed by atoms with van der Waals surface area (Å²) in [5.74, 6) is 0.588. The molecule has 0 spiro atoms. The van der Waals surface area contributed by atoms with Crippen molar-refractivity contribution in [3.8, 4) is 0 Å². The lowest BCUT2D eigenvalue weighted by atomic mass is 10.0. The summed E-state index contributed by atoms with van der Waals surface area (Å²) < 4.78 is 0. The van der Waals surface area contributed by atoms with E-state index in [2.05, 4.69) is 10.6 Å². The molecule has 2 saturated heterocycles. The lowest BCUT2D eigenvalue weighted by Crippen LogP contribution is -2.26. The van der Waals surface area contributed by atoms with Crippen molar-refractivity contribution in [2.45, 2.75) is 25.7 Å². The Labute approximate surface area is 124 Å². The van der Waals surface area contributed by atoms with Crippen molar-refractivity contribution in [2.24, 2.45) is 5.92 Å². The number of benzene rings is 1. The maximum Gasteiger partial charge on any atom is 0.227 e. The standard InChI is InChI=1S/C16H21N3O2/c20-15(10-12-7-8-17-11-12)18-13-4-1-2-5-14(13)19-9-3-6-16(19)21/h1-2,4-5,12,17H,3,6-11H2,(H,18,20). The van der Waals surface area contributed by atoms with Gasteiger partial charge in [0.15, 0.2) is 0 Å². The molecule has 0 saturated carbocycles. The average Bonchev–Trinajstić information content (AvgIpc) is 3.11. The normalized spacial score (nSPS) is 21.8. The van der Waals surface area contributed by atoms with Crippen LogP contribution in [0.25, 0.3) is 0 Å². The van der Waals surface area contributed by atoms with Crippen LogP contribution in [-0.2, 0) is 9.59 Å². The Morgan fingerprint density at radius 3 is 2.95 bits per heavy atom. The van der Waals surface area contributed by atoms with Gasteiger partial charge in [0.25, 0.3) is 0 Å². The molecule has 0 aliphatic carbocycles. The molecule has 21 heavy (non-hydrogen) atoms. The fourth-order valence-electron chi connectivity index (χ4n) is 3.07. The van der Waals surface area contributed by atoms with Crippen LogP contribution in [0.1, 0.15) is 25.7 Å². The van der Waals surface area contributed by atoms with Gasteiger partial charge in [-0.2, -0.15) is 0 Å². The van der Waals surface area contributed by atoms with Gasteiger partial charge in [-0.25, -0.2) is 0 Å². The summed E-state index contributed by atoms with van der Waals surface area (Å²) in [6, 6.07) is 7.55. The molecule has 5 heteroatoms. The number of anilines is 2. The van der Waals surface area contributed by atoms with Gasteiger partial charge >= 0.3 is 0 Å². The Hall–Kier alpha value is -1.88. The van der Waals surface area contributed by atoms with Gasteiger partial charge in [-0.3, -0.25) is 9.59 Å². The molecule has 1 aromatic carbocycles. The summed E-state index contributed by atoms with van der Waals surface area (Å²) in [6.07, 6.45) is 3.07. The molecular weight excluding hydrogens is 266 g/mol. The third kappa shape index (κ3) is 3.24. The molecule has 5 nitrogen and oxygen atoms in total. The molecular formula is C16H21N3O2. The first-order valence-corrected chi connectivity index (χ1v) is 7.64. The Balaban J connectivity index is 1.69. The number of hydrogen-bond donors (Lipinski definition) is 2. The molecule has 1 atom stereocenters. The number of nitrogens with zero attached hydrogens (tertiary/aromatic N) is 1. The number of carbonyl (C=O) groups is 2. The molecule has 1 unspecified atom stereocenters. The highest BCUT2D eigenvalue weighted by Gasteiger charge is 2.24. The van der Waals surface area contributed by atoms with Crippen LogP contribution < -0.4 is 15.5 Å². The minimum Gasteiger partial charge on any atom is -0.324 e. The molecule has 0 aromatic heterocycles. The van der Waals surface area contributed by atoms with Crippen molar-refractivity contribution < 1.29 is 9.59 Å². The number of para-hydroxylation sites is 2. The van der Waals surface area contributed by atoms with Crippen molar-refractivity contribution >= 4 is 23.2 Å². The minimum atomic E-state index is 0.0304. The summed E-state index contributed by atoms with van der Waals surface area (Å²) in [5, 5.41) is 6.24. The number of rotatable bonds is 4. The number of nitrogens with one attached hydrogen (secondary N) is 2. The van der Waals surface area contributed by atoms with E-state index < -0.39 is 0 Å². The van der Waals surface area contributed by atoms with Gasteiger partial charge in [0.1, 0.15) is 0 Å². The van der Waals surface area contributed by atoms with Crippen LogP contribution in [0.2, 0.25) is 0 Å². The summed E-state index contributed by atoms with van der Waals surface area (Å²) in [7, 11) is 0. The number of hydrogen-bond acceptors (Lipinski definition) is 3. The van der Waals surface area contributed by atoms with Crippen LogP contribution in [0.4, 0.5) is 11.4 Å². The predicted molar refractivity (Wildman–Crippen MR) is 82.3 cm³/mol. The predicted octanol–water partition coefficient (Wildman–Crippen LogP) is 1.75. The zero-order chi connectivity index (χ0) is 14.7. The largest absolute Gasteiger partial charge is 0.324 e. The van der Waals surface area contributed by atoms with E-state index in [-0.39, 0.29) is 11.8 Å². The van der Waals surface area contributed by atoms with E-state index >= 15 is 0 Å². The topological polar surface area (TPSA) is 61.4 Å². The fraction of sp³-hybridized carbons (Fsp3) is 0.500. The van der Waals surface area contributed by atoms with Gasteiger partial charge in [-0.05, 0) is 44.0 Å². The summed E-state index contributed by atoms with van der Waals surface area (Å²) in [5.41, 5.74) is 1.56. The highest BCUT2D eigenvalue weighted by Crippen LogP contribution is 2.29. The summed E-state index contributed by atoms with van der Waals surface area (Å²) in [4.78, 5) is 25.8. The van der Waals surface area contributed by atoms with E-state index in [4.69, 9.17) is 0 Å². The van der Waals surface area contributed by atoms with Gasteiger partial charge in [0.05, 0.1) is 11.4 Å².